The number of carboxylic acids is 1. The zero-order valence-electron chi connectivity index (χ0n) is 24.6. The van der Waals surface area contributed by atoms with E-state index >= 15 is 0 Å². The van der Waals surface area contributed by atoms with Crippen molar-refractivity contribution in [1.82, 2.24) is 29.9 Å². The summed E-state index contributed by atoms with van der Waals surface area (Å²) in [7, 11) is 3.68. The Hall–Kier alpha value is -5.69. The van der Waals surface area contributed by atoms with Crippen LogP contribution in [-0.2, 0) is 11.2 Å². The number of anilines is 2. The summed E-state index contributed by atoms with van der Waals surface area (Å²) in [6.45, 7) is 0.147. The lowest BCUT2D eigenvalue weighted by Gasteiger charge is -2.36. The van der Waals surface area contributed by atoms with E-state index in [0.717, 1.165) is 21.4 Å². The van der Waals surface area contributed by atoms with Gasteiger partial charge >= 0.3 is 5.97 Å². The fourth-order valence-corrected chi connectivity index (χ4v) is 5.50. The van der Waals surface area contributed by atoms with Crippen LogP contribution >= 0.6 is 11.6 Å². The Kier molecular flexibility index (Phi) is 8.16. The quantitative estimate of drug-likeness (QED) is 0.259. The molecule has 2 amide bonds. The second-order valence-corrected chi connectivity index (χ2v) is 11.1. The van der Waals surface area contributed by atoms with E-state index in [4.69, 9.17) is 11.6 Å². The lowest BCUT2D eigenvalue weighted by Crippen LogP contribution is -2.45. The minimum absolute atomic E-state index is 0.00860. The lowest BCUT2D eigenvalue weighted by molar-refractivity contribution is -0.121. The number of fused-ring (bicyclic) bond motifs is 1. The smallest absolute Gasteiger partial charge is 0.335 e. The maximum absolute atomic E-state index is 14.7. The van der Waals surface area contributed by atoms with E-state index in [1.165, 1.54) is 47.5 Å². The first-order valence-corrected chi connectivity index (χ1v) is 14.4. The molecule has 0 aliphatic carbocycles. The number of rotatable bonds is 7. The highest BCUT2D eigenvalue weighted by Crippen LogP contribution is 2.37. The zero-order valence-corrected chi connectivity index (χ0v) is 25.3. The van der Waals surface area contributed by atoms with Crippen LogP contribution in [0.15, 0.2) is 79.3 Å². The highest BCUT2D eigenvalue weighted by molar-refractivity contribution is 6.30. The number of hydrogen-bond donors (Lipinski definition) is 2. The van der Waals surface area contributed by atoms with Crippen molar-refractivity contribution in [1.29, 1.82) is 0 Å². The molecule has 3 heterocycles. The van der Waals surface area contributed by atoms with Gasteiger partial charge in [0, 0.05) is 44.3 Å². The Bertz CT molecular complexity index is 1960. The van der Waals surface area contributed by atoms with Crippen LogP contribution in [0.1, 0.15) is 38.0 Å². The summed E-state index contributed by atoms with van der Waals surface area (Å²) in [6, 6.07) is 14.5. The summed E-state index contributed by atoms with van der Waals surface area (Å²) in [5, 5.41) is 19.9. The van der Waals surface area contributed by atoms with Gasteiger partial charge in [-0.05, 0) is 59.5 Å². The molecule has 0 fully saturated rings. The Morgan fingerprint density at radius 3 is 2.43 bits per heavy atom. The summed E-state index contributed by atoms with van der Waals surface area (Å²) < 4.78 is 15.8. The number of nitrogens with one attached hydrogen (secondary N) is 1. The molecule has 1 atom stereocenters. The number of nitrogens with zero attached hydrogens (tertiary/aromatic N) is 7. The summed E-state index contributed by atoms with van der Waals surface area (Å²) in [6.07, 6.45) is 5.11. The second-order valence-electron chi connectivity index (χ2n) is 10.7. The van der Waals surface area contributed by atoms with Crippen LogP contribution in [0.25, 0.3) is 16.8 Å². The number of aromatic carboxylic acids is 1. The molecule has 1 aliphatic rings. The van der Waals surface area contributed by atoms with Crippen LogP contribution < -0.4 is 10.2 Å². The molecule has 1 unspecified atom stereocenters. The van der Waals surface area contributed by atoms with Crippen LogP contribution in [0.4, 0.5) is 16.0 Å². The number of amides is 2. The summed E-state index contributed by atoms with van der Waals surface area (Å²) in [4.78, 5) is 51.3. The molecule has 46 heavy (non-hydrogen) atoms. The summed E-state index contributed by atoms with van der Waals surface area (Å²) in [5.41, 5.74) is 3.31. The van der Waals surface area contributed by atoms with Crippen molar-refractivity contribution in [3.63, 3.8) is 0 Å². The molecule has 2 N–H and O–H groups in total. The van der Waals surface area contributed by atoms with E-state index in [0.29, 0.717) is 23.6 Å². The Balaban J connectivity index is 1.38. The first-order valence-electron chi connectivity index (χ1n) is 14.1. The number of hydrogen-bond acceptors (Lipinski definition) is 8. The summed E-state index contributed by atoms with van der Waals surface area (Å²) in [5.74, 6) is -2.40. The average molecular weight is 641 g/mol. The van der Waals surface area contributed by atoms with Gasteiger partial charge in [0.25, 0.3) is 11.8 Å². The van der Waals surface area contributed by atoms with Crippen LogP contribution in [0, 0.1) is 5.82 Å². The standard InChI is InChI=1S/C32H26ClFN8O4/c1-40(2)32-35-15-19(16-36-32)21-5-3-6-23-22(21)13-14-41(28(23)29(43)37-20-11-9-18(10-12-20)31(45)46)30(44)25-17-42(39-38-25)26-8-4-7-24(33)27(26)34/h3-12,15-17,28H,13-14H2,1-2H3,(H,37,43)(H,45,46). The van der Waals surface area contributed by atoms with Crippen molar-refractivity contribution in [3.8, 4) is 16.8 Å². The minimum atomic E-state index is -1.11. The van der Waals surface area contributed by atoms with Gasteiger partial charge in [-0.2, -0.15) is 0 Å². The lowest BCUT2D eigenvalue weighted by atomic mass is 9.86. The van der Waals surface area contributed by atoms with Gasteiger partial charge in [0.05, 0.1) is 16.8 Å². The first kappa shape index (κ1) is 30.3. The van der Waals surface area contributed by atoms with E-state index < -0.39 is 29.6 Å². The predicted octanol–water partition coefficient (Wildman–Crippen LogP) is 4.66. The van der Waals surface area contributed by atoms with Gasteiger partial charge in [-0.3, -0.25) is 9.59 Å². The van der Waals surface area contributed by atoms with Crippen LogP contribution in [0.5, 0.6) is 0 Å². The van der Waals surface area contributed by atoms with E-state index in [1.54, 1.807) is 35.5 Å². The molecular weight excluding hydrogens is 615 g/mol. The molecule has 1 aliphatic heterocycles. The third kappa shape index (κ3) is 5.75. The fraction of sp³-hybridized carbons (Fsp3) is 0.156. The molecule has 0 saturated carbocycles. The van der Waals surface area contributed by atoms with Crippen molar-refractivity contribution in [3.05, 3.63) is 112 Å². The third-order valence-corrected chi connectivity index (χ3v) is 7.86. The molecule has 5 aromatic rings. The first-order chi connectivity index (χ1) is 22.1. The van der Waals surface area contributed by atoms with Crippen molar-refractivity contribution in [2.45, 2.75) is 12.5 Å². The second kappa shape index (κ2) is 12.4. The molecule has 12 nitrogen and oxygen atoms in total. The highest BCUT2D eigenvalue weighted by atomic mass is 35.5. The SMILES string of the molecule is CN(C)c1ncc(-c2cccc3c2CCN(C(=O)c2cn(-c4cccc(Cl)c4F)nn2)C3C(=O)Nc2ccc(C(=O)O)cc2)cn1. The number of halogens is 2. The maximum atomic E-state index is 14.7. The largest absolute Gasteiger partial charge is 0.478 e. The monoisotopic (exact) mass is 640 g/mol. The number of benzene rings is 3. The summed E-state index contributed by atoms with van der Waals surface area (Å²) >= 11 is 5.93. The Labute approximate surface area is 267 Å². The van der Waals surface area contributed by atoms with E-state index in [1.807, 2.05) is 20.2 Å². The minimum Gasteiger partial charge on any atom is -0.478 e. The van der Waals surface area contributed by atoms with Crippen LogP contribution in [0.2, 0.25) is 5.02 Å². The average Bonchev–Trinajstić information content (AvgIpc) is 3.55. The van der Waals surface area contributed by atoms with Gasteiger partial charge in [-0.15, -0.1) is 5.10 Å². The Morgan fingerprint density at radius 2 is 1.74 bits per heavy atom. The molecule has 232 valence electrons. The molecule has 0 radical (unpaired) electrons. The molecule has 0 spiro atoms. The van der Waals surface area contributed by atoms with Gasteiger partial charge < -0.3 is 20.2 Å². The maximum Gasteiger partial charge on any atom is 0.335 e. The van der Waals surface area contributed by atoms with E-state index in [2.05, 4.69) is 25.6 Å². The molecule has 2 aromatic heterocycles. The fourth-order valence-electron chi connectivity index (χ4n) is 5.34. The van der Waals surface area contributed by atoms with E-state index in [9.17, 15) is 23.9 Å². The predicted molar refractivity (Wildman–Crippen MR) is 168 cm³/mol. The molecule has 0 saturated heterocycles. The number of carbonyl (C=O) groups is 3. The Morgan fingerprint density at radius 1 is 1.02 bits per heavy atom. The third-order valence-electron chi connectivity index (χ3n) is 7.57. The molecular formula is C32H26ClFN8O4. The number of aromatic nitrogens is 5. The van der Waals surface area contributed by atoms with Crippen molar-refractivity contribution >= 4 is 41.0 Å². The van der Waals surface area contributed by atoms with Gasteiger partial charge in [-0.25, -0.2) is 23.8 Å². The zero-order chi connectivity index (χ0) is 32.5. The van der Waals surface area contributed by atoms with Gasteiger partial charge in [0.15, 0.2) is 11.5 Å². The number of carboxylic acid groups (broad SMARTS) is 1. The van der Waals surface area contributed by atoms with Crippen molar-refractivity contribution in [2.24, 2.45) is 0 Å². The highest BCUT2D eigenvalue weighted by Gasteiger charge is 2.38. The van der Waals surface area contributed by atoms with Crippen LogP contribution in [-0.4, -0.2) is 73.4 Å². The molecule has 14 heteroatoms. The topological polar surface area (TPSA) is 146 Å². The van der Waals surface area contributed by atoms with Gasteiger partial charge in [0.2, 0.25) is 5.95 Å². The number of carbonyl (C=O) groups excluding carboxylic acids is 2. The van der Waals surface area contributed by atoms with Crippen molar-refractivity contribution in [2.75, 3.05) is 30.9 Å². The normalized spacial score (nSPS) is 14.0. The van der Waals surface area contributed by atoms with Gasteiger partial charge in [0.1, 0.15) is 11.7 Å². The van der Waals surface area contributed by atoms with Crippen molar-refractivity contribution < 1.29 is 23.9 Å². The van der Waals surface area contributed by atoms with Crippen LogP contribution in [0.3, 0.4) is 0 Å². The molecule has 3 aromatic carbocycles. The van der Waals surface area contributed by atoms with Gasteiger partial charge in [-0.1, -0.05) is 41.1 Å². The molecule has 0 bridgehead atoms. The van der Waals surface area contributed by atoms with E-state index in [-0.39, 0.29) is 28.5 Å². The molecule has 6 rings (SSSR count).